The summed E-state index contributed by atoms with van der Waals surface area (Å²) in [5.41, 5.74) is 2.41. The van der Waals surface area contributed by atoms with Crippen LogP contribution in [0.1, 0.15) is 37.1 Å². The van der Waals surface area contributed by atoms with Crippen molar-refractivity contribution in [3.8, 4) is 0 Å². The number of urea groups is 1. The Kier molecular flexibility index (Phi) is 7.32. The number of carbonyl (C=O) groups excluding carboxylic acids is 2. The molecule has 2 aromatic carbocycles. The molecule has 0 spiro atoms. The van der Waals surface area contributed by atoms with Gasteiger partial charge in [-0.25, -0.2) is 18.0 Å². The van der Waals surface area contributed by atoms with E-state index in [-0.39, 0.29) is 24.1 Å². The molecule has 0 aliphatic carbocycles. The number of sulfone groups is 1. The Morgan fingerprint density at radius 3 is 2.38 bits per heavy atom. The summed E-state index contributed by atoms with van der Waals surface area (Å²) in [6.45, 7) is 4.06. The summed E-state index contributed by atoms with van der Waals surface area (Å²) in [7, 11) is -3.27. The maximum Gasteiger partial charge on any atom is 0.338 e. The lowest BCUT2D eigenvalue weighted by atomic mass is 9.95. The highest BCUT2D eigenvalue weighted by atomic mass is 32.2. The molecule has 8 nitrogen and oxygen atoms in total. The van der Waals surface area contributed by atoms with Crippen molar-refractivity contribution in [1.29, 1.82) is 0 Å². The summed E-state index contributed by atoms with van der Waals surface area (Å²) < 4.78 is 28.6. The molecule has 9 heteroatoms. The molecule has 3 N–H and O–H groups in total. The third-order valence-corrected chi connectivity index (χ3v) is 6.30. The topological polar surface area (TPSA) is 114 Å². The molecule has 170 valence electrons. The van der Waals surface area contributed by atoms with Crippen molar-refractivity contribution in [2.24, 2.45) is 0 Å². The van der Waals surface area contributed by atoms with Crippen molar-refractivity contribution in [3.63, 3.8) is 0 Å². The number of esters is 1. The molecule has 0 radical (unpaired) electrons. The zero-order valence-corrected chi connectivity index (χ0v) is 19.0. The molecule has 0 aromatic heterocycles. The van der Waals surface area contributed by atoms with Crippen LogP contribution in [-0.2, 0) is 19.4 Å². The van der Waals surface area contributed by atoms with Gasteiger partial charge in [0.25, 0.3) is 0 Å². The second kappa shape index (κ2) is 9.97. The van der Waals surface area contributed by atoms with Crippen molar-refractivity contribution < 1.29 is 22.7 Å². The largest absolute Gasteiger partial charge is 0.463 e. The number of hydrogen-bond donors (Lipinski definition) is 3. The Hall–Kier alpha value is -3.17. The second-order valence-corrected chi connectivity index (χ2v) is 9.51. The summed E-state index contributed by atoms with van der Waals surface area (Å²) in [4.78, 5) is 25.4. The number of amides is 2. The summed E-state index contributed by atoms with van der Waals surface area (Å²) >= 11 is 0. The Balaban J connectivity index is 1.86. The molecule has 1 aliphatic heterocycles. The van der Waals surface area contributed by atoms with Crippen LogP contribution in [0, 0.1) is 0 Å². The SMILES string of the molecule is CCOC(=O)C1=C(CNC(C)c2ccc(S(C)(=O)=O)cc2)NC(=O)NC1c1ccccc1. The van der Waals surface area contributed by atoms with Gasteiger partial charge >= 0.3 is 12.0 Å². The lowest BCUT2D eigenvalue weighted by molar-refractivity contribution is -0.139. The highest BCUT2D eigenvalue weighted by Crippen LogP contribution is 2.28. The maximum atomic E-state index is 12.8. The lowest BCUT2D eigenvalue weighted by Gasteiger charge is -2.30. The van der Waals surface area contributed by atoms with Crippen LogP contribution in [0.4, 0.5) is 4.79 Å². The fourth-order valence-electron chi connectivity index (χ4n) is 3.48. The van der Waals surface area contributed by atoms with Gasteiger partial charge in [0.05, 0.1) is 23.1 Å². The molecule has 2 unspecified atom stereocenters. The van der Waals surface area contributed by atoms with Gasteiger partial charge in [-0.15, -0.1) is 0 Å². The molecule has 0 fully saturated rings. The minimum Gasteiger partial charge on any atom is -0.463 e. The zero-order chi connectivity index (χ0) is 23.3. The van der Waals surface area contributed by atoms with Crippen molar-refractivity contribution >= 4 is 21.8 Å². The van der Waals surface area contributed by atoms with Crippen LogP contribution < -0.4 is 16.0 Å². The van der Waals surface area contributed by atoms with E-state index >= 15 is 0 Å². The lowest BCUT2D eigenvalue weighted by Crippen LogP contribution is -2.48. The van der Waals surface area contributed by atoms with E-state index in [1.807, 2.05) is 37.3 Å². The van der Waals surface area contributed by atoms with Gasteiger partial charge in [-0.2, -0.15) is 0 Å². The van der Waals surface area contributed by atoms with E-state index in [0.717, 1.165) is 17.4 Å². The van der Waals surface area contributed by atoms with E-state index in [4.69, 9.17) is 4.74 Å². The van der Waals surface area contributed by atoms with Crippen LogP contribution in [0.15, 0.2) is 70.8 Å². The number of ether oxygens (including phenoxy) is 1. The monoisotopic (exact) mass is 457 g/mol. The normalized spacial score (nSPS) is 17.3. The van der Waals surface area contributed by atoms with Crippen LogP contribution >= 0.6 is 0 Å². The van der Waals surface area contributed by atoms with E-state index in [0.29, 0.717) is 11.3 Å². The predicted octanol–water partition coefficient (Wildman–Crippen LogP) is 2.61. The molecule has 2 aromatic rings. The third kappa shape index (κ3) is 5.54. The van der Waals surface area contributed by atoms with Crippen molar-refractivity contribution in [1.82, 2.24) is 16.0 Å². The first kappa shape index (κ1) is 23.5. The highest BCUT2D eigenvalue weighted by molar-refractivity contribution is 7.90. The number of carbonyl (C=O) groups is 2. The van der Waals surface area contributed by atoms with Crippen molar-refractivity contribution in [2.75, 3.05) is 19.4 Å². The number of rotatable bonds is 8. The Morgan fingerprint density at radius 1 is 1.12 bits per heavy atom. The molecular formula is C23H27N3O5S. The molecule has 0 saturated heterocycles. The summed E-state index contributed by atoms with van der Waals surface area (Å²) in [6, 6.07) is 14.6. The van der Waals surface area contributed by atoms with E-state index in [9.17, 15) is 18.0 Å². The van der Waals surface area contributed by atoms with Crippen LogP contribution in [0.2, 0.25) is 0 Å². The summed E-state index contributed by atoms with van der Waals surface area (Å²) in [5, 5.41) is 8.82. The molecule has 2 amide bonds. The van der Waals surface area contributed by atoms with Crippen LogP contribution in [-0.4, -0.2) is 39.8 Å². The average molecular weight is 458 g/mol. The van der Waals surface area contributed by atoms with Crippen molar-refractivity contribution in [2.45, 2.75) is 30.8 Å². The van der Waals surface area contributed by atoms with Crippen LogP contribution in [0.3, 0.4) is 0 Å². The highest BCUT2D eigenvalue weighted by Gasteiger charge is 2.33. The molecule has 0 bridgehead atoms. The number of benzene rings is 2. The van der Waals surface area contributed by atoms with Gasteiger partial charge in [0.2, 0.25) is 0 Å². The first-order valence-corrected chi connectivity index (χ1v) is 12.2. The van der Waals surface area contributed by atoms with Crippen molar-refractivity contribution in [3.05, 3.63) is 77.0 Å². The fraction of sp³-hybridized carbons (Fsp3) is 0.304. The van der Waals surface area contributed by atoms with E-state index in [2.05, 4.69) is 16.0 Å². The smallest absolute Gasteiger partial charge is 0.338 e. The summed E-state index contributed by atoms with van der Waals surface area (Å²) in [6.07, 6.45) is 1.16. The first-order chi connectivity index (χ1) is 15.2. The zero-order valence-electron chi connectivity index (χ0n) is 18.2. The van der Waals surface area contributed by atoms with Gasteiger partial charge in [-0.1, -0.05) is 42.5 Å². The minimum atomic E-state index is -3.27. The van der Waals surface area contributed by atoms with Gasteiger partial charge in [0, 0.05) is 24.5 Å². The number of nitrogens with one attached hydrogen (secondary N) is 3. The van der Waals surface area contributed by atoms with E-state index in [1.165, 1.54) is 0 Å². The predicted molar refractivity (Wildman–Crippen MR) is 120 cm³/mol. The number of hydrogen-bond acceptors (Lipinski definition) is 6. The molecule has 3 rings (SSSR count). The Morgan fingerprint density at radius 2 is 1.78 bits per heavy atom. The minimum absolute atomic E-state index is 0.165. The Bertz CT molecular complexity index is 1110. The molecule has 0 saturated carbocycles. The second-order valence-electron chi connectivity index (χ2n) is 7.50. The Labute approximate surface area is 188 Å². The van der Waals surface area contributed by atoms with Gasteiger partial charge < -0.3 is 20.7 Å². The van der Waals surface area contributed by atoms with Gasteiger partial charge in [-0.3, -0.25) is 0 Å². The van der Waals surface area contributed by atoms with E-state index in [1.54, 1.807) is 31.2 Å². The maximum absolute atomic E-state index is 12.8. The molecule has 2 atom stereocenters. The molecule has 32 heavy (non-hydrogen) atoms. The standard InChI is InChI=1S/C23H27N3O5S/c1-4-31-22(27)20-19(25-23(28)26-21(20)17-8-6-5-7-9-17)14-24-15(2)16-10-12-18(13-11-16)32(3,29)30/h5-13,15,21,24H,4,14H2,1-3H3,(H2,25,26,28). The molecule has 1 aliphatic rings. The van der Waals surface area contributed by atoms with Gasteiger partial charge in [0.15, 0.2) is 9.84 Å². The van der Waals surface area contributed by atoms with E-state index < -0.39 is 27.9 Å². The first-order valence-electron chi connectivity index (χ1n) is 10.3. The van der Waals surface area contributed by atoms with Gasteiger partial charge in [0.1, 0.15) is 0 Å². The fourth-order valence-corrected chi connectivity index (χ4v) is 4.11. The average Bonchev–Trinajstić information content (AvgIpc) is 2.77. The summed E-state index contributed by atoms with van der Waals surface area (Å²) in [5.74, 6) is -0.504. The quantitative estimate of drug-likeness (QED) is 0.525. The third-order valence-electron chi connectivity index (χ3n) is 5.18. The van der Waals surface area contributed by atoms with Gasteiger partial charge in [-0.05, 0) is 37.1 Å². The van der Waals surface area contributed by atoms with Crippen LogP contribution in [0.5, 0.6) is 0 Å². The van der Waals surface area contributed by atoms with Crippen LogP contribution in [0.25, 0.3) is 0 Å². The molecular weight excluding hydrogens is 430 g/mol. The molecule has 1 heterocycles.